The normalized spacial score (nSPS) is 11.1. The topological polar surface area (TPSA) is 86.7 Å². The minimum Gasteiger partial charge on any atom is -0.872 e. The van der Waals surface area contributed by atoms with Crippen LogP contribution in [0.4, 0.5) is 0 Å². The molecule has 0 unspecified atom stereocenters. The monoisotopic (exact) mass is 458 g/mol. The van der Waals surface area contributed by atoms with Crippen LogP contribution >= 0.6 is 0 Å². The molecule has 2 aromatic rings. The Bertz CT molecular complexity index is 850. The van der Waals surface area contributed by atoms with Crippen LogP contribution < -0.4 is 61.2 Å². The summed E-state index contributed by atoms with van der Waals surface area (Å²) < 4.78 is 37.2. The molecule has 160 valence electrons. The number of aryl methyl sites for hydroxylation is 1. The number of benzene rings is 2. The van der Waals surface area contributed by atoms with Gasteiger partial charge >= 0.3 is 51.4 Å². The number of rotatable bonds is 13. The van der Waals surface area contributed by atoms with Crippen LogP contribution in [-0.4, -0.2) is 13.0 Å². The molecule has 0 fully saturated rings. The molecule has 0 aliphatic heterocycles. The van der Waals surface area contributed by atoms with Crippen molar-refractivity contribution < 1.29 is 74.2 Å². The molecular weight excluding hydrogens is 427 g/mol. The Kier molecular flexibility index (Phi) is 13.5. The van der Waals surface area contributed by atoms with Crippen LogP contribution in [0.1, 0.15) is 70.3 Å². The molecule has 0 aliphatic rings. The molecule has 2 rings (SSSR count). The summed E-state index contributed by atoms with van der Waals surface area (Å²) in [5, 5.41) is 11.8. The van der Waals surface area contributed by atoms with Crippen LogP contribution in [0.25, 0.3) is 0 Å². The molecule has 0 saturated carbocycles. The maximum Gasteiger partial charge on any atom is 1.00 e. The zero-order valence-electron chi connectivity index (χ0n) is 18.1. The van der Waals surface area contributed by atoms with E-state index < -0.39 is 10.1 Å². The van der Waals surface area contributed by atoms with E-state index in [0.717, 1.165) is 24.8 Å². The zero-order valence-corrected chi connectivity index (χ0v) is 22.0. The van der Waals surface area contributed by atoms with Gasteiger partial charge in [0.25, 0.3) is 10.1 Å². The number of hydrogen-bond donors (Lipinski definition) is 1. The minimum atomic E-state index is -4.23. The maximum atomic E-state index is 11.8. The summed E-state index contributed by atoms with van der Waals surface area (Å²) in [5.41, 5.74) is 0.860. The van der Waals surface area contributed by atoms with Gasteiger partial charge in [0.1, 0.15) is 11.5 Å². The van der Waals surface area contributed by atoms with Crippen LogP contribution in [-0.2, 0) is 16.5 Å². The maximum absolute atomic E-state index is 11.8. The van der Waals surface area contributed by atoms with E-state index in [1.165, 1.54) is 75.3 Å². The molecule has 0 aromatic heterocycles. The van der Waals surface area contributed by atoms with E-state index in [1.807, 2.05) is 0 Å². The van der Waals surface area contributed by atoms with Crippen molar-refractivity contribution in [3.05, 3.63) is 48.0 Å². The van der Waals surface area contributed by atoms with Gasteiger partial charge in [-0.05, 0) is 48.7 Å². The smallest absolute Gasteiger partial charge is 0.872 e. The third kappa shape index (κ3) is 10.3. The summed E-state index contributed by atoms with van der Waals surface area (Å²) in [7, 11) is -4.23. The van der Waals surface area contributed by atoms with Crippen LogP contribution in [0.3, 0.4) is 0 Å². The van der Waals surface area contributed by atoms with Crippen LogP contribution in [0.5, 0.6) is 17.2 Å². The quantitative estimate of drug-likeness (QED) is 0.283. The second kappa shape index (κ2) is 14.6. The van der Waals surface area contributed by atoms with Gasteiger partial charge in [-0.2, -0.15) is 8.42 Å². The van der Waals surface area contributed by atoms with Gasteiger partial charge in [0.05, 0.1) is 4.90 Å². The van der Waals surface area contributed by atoms with Crippen molar-refractivity contribution in [3.8, 4) is 17.2 Å². The molecule has 0 amide bonds. The molecule has 0 radical (unpaired) electrons. The van der Waals surface area contributed by atoms with Crippen molar-refractivity contribution in [3.63, 3.8) is 0 Å². The van der Waals surface area contributed by atoms with E-state index >= 15 is 0 Å². The van der Waals surface area contributed by atoms with E-state index in [2.05, 4.69) is 6.92 Å². The first kappa shape index (κ1) is 27.6. The zero-order chi connectivity index (χ0) is 21.1. The first-order valence-corrected chi connectivity index (χ1v) is 11.9. The van der Waals surface area contributed by atoms with Gasteiger partial charge in [0, 0.05) is 0 Å². The second-order valence-electron chi connectivity index (χ2n) is 7.40. The van der Waals surface area contributed by atoms with Crippen LogP contribution in [0.2, 0.25) is 0 Å². The average Bonchev–Trinajstić information content (AvgIpc) is 2.68. The SMILES string of the molecule is CCCCCCCCCCCc1cc([O-])ccc1Oc1ccc(S(=O)(=O)O)cc1.[K+]. The van der Waals surface area contributed by atoms with Crippen LogP contribution in [0, 0.1) is 0 Å². The molecule has 2 aromatic carbocycles. The molecule has 1 N–H and O–H groups in total. The van der Waals surface area contributed by atoms with Crippen molar-refractivity contribution in [2.24, 2.45) is 0 Å². The first-order chi connectivity index (χ1) is 13.9. The summed E-state index contributed by atoms with van der Waals surface area (Å²) in [6, 6.07) is 10.3. The molecule has 7 heteroatoms. The Hall–Kier alpha value is -0.414. The van der Waals surface area contributed by atoms with Gasteiger partial charge in [-0.15, -0.1) is 5.75 Å². The third-order valence-corrected chi connectivity index (χ3v) is 5.80. The largest absolute Gasteiger partial charge is 1.00 e. The Morgan fingerprint density at radius 1 is 0.867 bits per heavy atom. The third-order valence-electron chi connectivity index (χ3n) is 4.93. The van der Waals surface area contributed by atoms with E-state index in [9.17, 15) is 13.5 Å². The summed E-state index contributed by atoms with van der Waals surface area (Å²) in [4.78, 5) is -0.185. The summed E-state index contributed by atoms with van der Waals surface area (Å²) >= 11 is 0. The fourth-order valence-corrected chi connectivity index (χ4v) is 3.76. The van der Waals surface area contributed by atoms with Gasteiger partial charge in [-0.25, -0.2) is 0 Å². The Balaban J connectivity index is 0.00000450. The van der Waals surface area contributed by atoms with Gasteiger partial charge in [0.15, 0.2) is 0 Å². The van der Waals surface area contributed by atoms with E-state index in [-0.39, 0.29) is 62.0 Å². The molecule has 0 saturated heterocycles. The van der Waals surface area contributed by atoms with Crippen molar-refractivity contribution in [1.82, 2.24) is 0 Å². The molecule has 0 aliphatic carbocycles. The second-order valence-corrected chi connectivity index (χ2v) is 8.82. The van der Waals surface area contributed by atoms with Gasteiger partial charge < -0.3 is 9.84 Å². The number of hydrogen-bond acceptors (Lipinski definition) is 4. The fourth-order valence-electron chi connectivity index (χ4n) is 3.28. The molecule has 5 nitrogen and oxygen atoms in total. The van der Waals surface area contributed by atoms with Gasteiger partial charge in [0.2, 0.25) is 0 Å². The Morgan fingerprint density at radius 3 is 2.00 bits per heavy atom. The van der Waals surface area contributed by atoms with E-state index in [0.29, 0.717) is 11.5 Å². The Labute approximate surface area is 223 Å². The molecule has 30 heavy (non-hydrogen) atoms. The molecule has 0 atom stereocenters. The summed E-state index contributed by atoms with van der Waals surface area (Å²) in [5.74, 6) is 0.998. The predicted molar refractivity (Wildman–Crippen MR) is 113 cm³/mol. The van der Waals surface area contributed by atoms with Gasteiger partial charge in [-0.1, -0.05) is 70.4 Å². The van der Waals surface area contributed by atoms with Crippen molar-refractivity contribution in [2.75, 3.05) is 0 Å². The van der Waals surface area contributed by atoms with Crippen molar-refractivity contribution in [1.29, 1.82) is 0 Å². The van der Waals surface area contributed by atoms with Gasteiger partial charge in [-0.3, -0.25) is 4.55 Å². The predicted octanol–water partition coefficient (Wildman–Crippen LogP) is 2.88. The molecule has 0 heterocycles. The molecule has 0 spiro atoms. The average molecular weight is 459 g/mol. The fraction of sp³-hybridized carbons (Fsp3) is 0.478. The number of ether oxygens (including phenoxy) is 1. The van der Waals surface area contributed by atoms with Crippen molar-refractivity contribution in [2.45, 2.75) is 76.0 Å². The van der Waals surface area contributed by atoms with E-state index in [4.69, 9.17) is 9.29 Å². The van der Waals surface area contributed by atoms with E-state index in [1.54, 1.807) is 12.1 Å². The molecule has 0 bridgehead atoms. The Morgan fingerprint density at radius 2 is 1.43 bits per heavy atom. The van der Waals surface area contributed by atoms with Crippen molar-refractivity contribution >= 4 is 10.1 Å². The molecular formula is C23H31KO5S. The standard InChI is InChI=1S/C23H32O5S.K/c1-2-3-4-5-6-7-8-9-10-11-19-18-20(24)12-17-23(19)28-21-13-15-22(16-14-21)29(25,26)27;/h12-18,24H,2-11H2,1H3,(H,25,26,27);/q;+1/p-1. The summed E-state index contributed by atoms with van der Waals surface area (Å²) in [6.07, 6.45) is 11.9. The minimum absolute atomic E-state index is 0. The first-order valence-electron chi connectivity index (χ1n) is 10.5. The summed E-state index contributed by atoms with van der Waals surface area (Å²) in [6.45, 7) is 2.23. The number of unbranched alkanes of at least 4 members (excludes halogenated alkanes) is 8. The van der Waals surface area contributed by atoms with Crippen LogP contribution in [0.15, 0.2) is 47.4 Å².